The number of carbonyl (C=O) groups is 1. The van der Waals surface area contributed by atoms with Crippen molar-refractivity contribution in [1.82, 2.24) is 4.98 Å². The summed E-state index contributed by atoms with van der Waals surface area (Å²) < 4.78 is 22.9. The van der Waals surface area contributed by atoms with Crippen LogP contribution in [-0.4, -0.2) is 24.6 Å². The summed E-state index contributed by atoms with van der Waals surface area (Å²) in [6.45, 7) is 3.79. The van der Waals surface area contributed by atoms with Crippen molar-refractivity contribution < 1.29 is 13.2 Å². The number of fused-ring (bicyclic) bond motifs is 1. The van der Waals surface area contributed by atoms with Gasteiger partial charge in [0.1, 0.15) is 0 Å². The highest BCUT2D eigenvalue weighted by molar-refractivity contribution is 8.00. The zero-order chi connectivity index (χ0) is 19.6. The first-order chi connectivity index (χ1) is 12.7. The summed E-state index contributed by atoms with van der Waals surface area (Å²) in [4.78, 5) is 17.0. The highest BCUT2D eigenvalue weighted by atomic mass is 32.2. The zero-order valence-corrected chi connectivity index (χ0v) is 16.5. The summed E-state index contributed by atoms with van der Waals surface area (Å²) in [6.07, 6.45) is 0. The summed E-state index contributed by atoms with van der Waals surface area (Å²) in [5.41, 5.74) is 2.35. The van der Waals surface area contributed by atoms with E-state index >= 15 is 0 Å². The second kappa shape index (κ2) is 7.67. The predicted octanol–water partition coefficient (Wildman–Crippen LogP) is 3.31. The number of nitrogens with zero attached hydrogens (tertiary/aromatic N) is 1. The lowest BCUT2D eigenvalue weighted by atomic mass is 10.1. The first-order valence-electron chi connectivity index (χ1n) is 8.21. The number of rotatable bonds is 5. The number of pyridine rings is 1. The number of aromatic nitrogens is 1. The van der Waals surface area contributed by atoms with Crippen LogP contribution in [0.1, 0.15) is 12.5 Å². The van der Waals surface area contributed by atoms with Crippen LogP contribution in [0.5, 0.6) is 0 Å². The molecule has 1 atom stereocenters. The van der Waals surface area contributed by atoms with Crippen LogP contribution in [0.2, 0.25) is 0 Å². The molecule has 0 saturated carbocycles. The molecule has 27 heavy (non-hydrogen) atoms. The summed E-state index contributed by atoms with van der Waals surface area (Å²) in [7, 11) is -3.82. The molecule has 0 bridgehead atoms. The molecule has 1 aromatic heterocycles. The standard InChI is InChI=1S/C19H19N3O3S2/c1-12-10-18(22-17-9-4-3-8-16(12)17)26-13(2)19(23)21-14-6-5-7-15(11-14)27(20,24)25/h3-11,13H,1-2H3,(H,21,23)(H2,20,24,25). The van der Waals surface area contributed by atoms with Crippen molar-refractivity contribution in [2.45, 2.75) is 29.0 Å². The third kappa shape index (κ3) is 4.65. The van der Waals surface area contributed by atoms with E-state index in [1.165, 1.54) is 30.0 Å². The largest absolute Gasteiger partial charge is 0.325 e. The van der Waals surface area contributed by atoms with Gasteiger partial charge in [0.15, 0.2) is 0 Å². The quantitative estimate of drug-likeness (QED) is 0.639. The van der Waals surface area contributed by atoms with Gasteiger partial charge in [-0.05, 0) is 49.7 Å². The molecule has 6 nitrogen and oxygen atoms in total. The van der Waals surface area contributed by atoms with E-state index in [9.17, 15) is 13.2 Å². The van der Waals surface area contributed by atoms with E-state index in [0.29, 0.717) is 5.69 Å². The molecule has 140 valence electrons. The Morgan fingerprint density at radius 3 is 2.63 bits per heavy atom. The second-order valence-electron chi connectivity index (χ2n) is 6.12. The van der Waals surface area contributed by atoms with Gasteiger partial charge in [-0.2, -0.15) is 0 Å². The highest BCUT2D eigenvalue weighted by Gasteiger charge is 2.17. The Morgan fingerprint density at radius 2 is 1.89 bits per heavy atom. The van der Waals surface area contributed by atoms with E-state index in [0.717, 1.165) is 21.5 Å². The molecular weight excluding hydrogens is 382 g/mol. The van der Waals surface area contributed by atoms with E-state index in [-0.39, 0.29) is 10.8 Å². The van der Waals surface area contributed by atoms with Crippen LogP contribution in [0.25, 0.3) is 10.9 Å². The first-order valence-corrected chi connectivity index (χ1v) is 10.6. The topological polar surface area (TPSA) is 102 Å². The molecular formula is C19H19N3O3S2. The molecule has 0 fully saturated rings. The molecule has 3 rings (SSSR count). The lowest BCUT2D eigenvalue weighted by molar-refractivity contribution is -0.115. The van der Waals surface area contributed by atoms with Crippen molar-refractivity contribution in [1.29, 1.82) is 0 Å². The SMILES string of the molecule is Cc1cc(SC(C)C(=O)Nc2cccc(S(N)(=O)=O)c2)nc2ccccc12. The Bertz CT molecular complexity index is 1110. The summed E-state index contributed by atoms with van der Waals surface area (Å²) in [6, 6.07) is 15.7. The maximum Gasteiger partial charge on any atom is 0.238 e. The molecule has 3 N–H and O–H groups in total. The van der Waals surface area contributed by atoms with Gasteiger partial charge in [-0.25, -0.2) is 18.5 Å². The average molecular weight is 402 g/mol. The number of thioether (sulfide) groups is 1. The Hall–Kier alpha value is -2.42. The maximum atomic E-state index is 12.5. The minimum absolute atomic E-state index is 0.0487. The maximum absolute atomic E-state index is 12.5. The van der Waals surface area contributed by atoms with Crippen LogP contribution < -0.4 is 10.5 Å². The fraction of sp³-hybridized carbons (Fsp3) is 0.158. The van der Waals surface area contributed by atoms with Crippen molar-refractivity contribution in [2.24, 2.45) is 5.14 Å². The number of sulfonamides is 1. The number of para-hydroxylation sites is 1. The average Bonchev–Trinajstić information content (AvgIpc) is 2.61. The Morgan fingerprint density at radius 1 is 1.15 bits per heavy atom. The number of hydrogen-bond acceptors (Lipinski definition) is 5. The third-order valence-corrected chi connectivity index (χ3v) is 5.93. The molecule has 1 amide bonds. The Balaban J connectivity index is 1.75. The van der Waals surface area contributed by atoms with Gasteiger partial charge in [-0.3, -0.25) is 4.79 Å². The third-order valence-electron chi connectivity index (χ3n) is 4.00. The smallest absolute Gasteiger partial charge is 0.238 e. The molecule has 0 aliphatic heterocycles. The number of amides is 1. The lowest BCUT2D eigenvalue weighted by Gasteiger charge is -2.13. The number of anilines is 1. The first kappa shape index (κ1) is 19.3. The number of nitrogens with two attached hydrogens (primary N) is 1. The molecule has 0 aliphatic rings. The molecule has 0 radical (unpaired) electrons. The Kier molecular flexibility index (Phi) is 5.50. The number of benzene rings is 2. The summed E-state index contributed by atoms with van der Waals surface area (Å²) in [5, 5.41) is 9.26. The van der Waals surface area contributed by atoms with E-state index in [4.69, 9.17) is 5.14 Å². The molecule has 2 aromatic carbocycles. The van der Waals surface area contributed by atoms with Gasteiger partial charge >= 0.3 is 0 Å². The lowest BCUT2D eigenvalue weighted by Crippen LogP contribution is -2.23. The van der Waals surface area contributed by atoms with E-state index in [1.54, 1.807) is 13.0 Å². The van der Waals surface area contributed by atoms with Gasteiger partial charge in [-0.15, -0.1) is 0 Å². The minimum atomic E-state index is -3.82. The fourth-order valence-electron chi connectivity index (χ4n) is 2.61. The van der Waals surface area contributed by atoms with Crippen molar-refractivity contribution in [2.75, 3.05) is 5.32 Å². The number of nitrogens with one attached hydrogen (secondary N) is 1. The molecule has 8 heteroatoms. The minimum Gasteiger partial charge on any atom is -0.325 e. The van der Waals surface area contributed by atoms with Crippen LogP contribution in [0.15, 0.2) is 64.5 Å². The molecule has 1 heterocycles. The molecule has 3 aromatic rings. The number of carbonyl (C=O) groups excluding carboxylic acids is 1. The zero-order valence-electron chi connectivity index (χ0n) is 14.8. The molecule has 1 unspecified atom stereocenters. The summed E-state index contributed by atoms with van der Waals surface area (Å²) >= 11 is 1.34. The van der Waals surface area contributed by atoms with Gasteiger partial charge in [0.05, 0.1) is 20.7 Å². The normalized spacial score (nSPS) is 12.7. The van der Waals surface area contributed by atoms with Crippen LogP contribution in [0, 0.1) is 6.92 Å². The number of hydrogen-bond donors (Lipinski definition) is 2. The number of primary sulfonamides is 1. The van der Waals surface area contributed by atoms with Gasteiger partial charge in [-0.1, -0.05) is 36.0 Å². The second-order valence-corrected chi connectivity index (χ2v) is 9.04. The van der Waals surface area contributed by atoms with E-state index < -0.39 is 15.3 Å². The van der Waals surface area contributed by atoms with Crippen LogP contribution >= 0.6 is 11.8 Å². The monoisotopic (exact) mass is 401 g/mol. The van der Waals surface area contributed by atoms with Gasteiger partial charge in [0, 0.05) is 11.1 Å². The van der Waals surface area contributed by atoms with Crippen molar-refractivity contribution in [3.63, 3.8) is 0 Å². The van der Waals surface area contributed by atoms with Crippen molar-refractivity contribution >= 4 is 44.3 Å². The van der Waals surface area contributed by atoms with Crippen molar-refractivity contribution in [3.05, 3.63) is 60.2 Å². The van der Waals surface area contributed by atoms with Crippen LogP contribution in [0.3, 0.4) is 0 Å². The molecule has 0 aliphatic carbocycles. The summed E-state index contributed by atoms with van der Waals surface area (Å²) in [5.74, 6) is -0.251. The number of aryl methyl sites for hydroxylation is 1. The highest BCUT2D eigenvalue weighted by Crippen LogP contribution is 2.27. The predicted molar refractivity (Wildman–Crippen MR) is 108 cm³/mol. The Labute approximate surface area is 162 Å². The fourth-order valence-corrected chi connectivity index (χ4v) is 4.09. The van der Waals surface area contributed by atoms with Gasteiger partial charge < -0.3 is 5.32 Å². The molecule has 0 spiro atoms. The van der Waals surface area contributed by atoms with Crippen molar-refractivity contribution in [3.8, 4) is 0 Å². The molecule has 0 saturated heterocycles. The van der Waals surface area contributed by atoms with Crippen LogP contribution in [-0.2, 0) is 14.8 Å². The van der Waals surface area contributed by atoms with E-state index in [2.05, 4.69) is 10.3 Å². The van der Waals surface area contributed by atoms with Crippen LogP contribution in [0.4, 0.5) is 5.69 Å². The van der Waals surface area contributed by atoms with Gasteiger partial charge in [0.25, 0.3) is 0 Å². The van der Waals surface area contributed by atoms with Gasteiger partial charge in [0.2, 0.25) is 15.9 Å². The van der Waals surface area contributed by atoms with E-state index in [1.807, 2.05) is 37.3 Å².